The molecule has 1 aliphatic carbocycles. The van der Waals surface area contributed by atoms with Gasteiger partial charge in [-0.1, -0.05) is 52.2 Å². The fourth-order valence-corrected chi connectivity index (χ4v) is 5.76. The van der Waals surface area contributed by atoms with E-state index in [2.05, 4.69) is 60.7 Å². The van der Waals surface area contributed by atoms with Crippen molar-refractivity contribution in [1.29, 1.82) is 5.26 Å². The van der Waals surface area contributed by atoms with Crippen molar-refractivity contribution in [1.82, 2.24) is 14.5 Å². The van der Waals surface area contributed by atoms with Gasteiger partial charge in [0, 0.05) is 44.2 Å². The molecule has 34 heavy (non-hydrogen) atoms. The van der Waals surface area contributed by atoms with Crippen molar-refractivity contribution in [3.63, 3.8) is 0 Å². The Labute approximate surface area is 203 Å². The van der Waals surface area contributed by atoms with Crippen LogP contribution in [0.2, 0.25) is 0 Å². The van der Waals surface area contributed by atoms with Crippen LogP contribution in [0.3, 0.4) is 0 Å². The highest BCUT2D eigenvalue weighted by Crippen LogP contribution is 2.53. The molecule has 1 aromatic carbocycles. The maximum atomic E-state index is 10.2. The molecule has 6 nitrogen and oxygen atoms in total. The van der Waals surface area contributed by atoms with Gasteiger partial charge in [-0.3, -0.25) is 0 Å². The number of nitrogens with zero attached hydrogens (tertiary/aromatic N) is 4. The molecule has 1 aliphatic heterocycles. The number of nitriles is 1. The number of imidazole rings is 1. The minimum atomic E-state index is -0.240. The van der Waals surface area contributed by atoms with Gasteiger partial charge in [0.15, 0.2) is 5.88 Å². The first-order valence-corrected chi connectivity index (χ1v) is 12.4. The summed E-state index contributed by atoms with van der Waals surface area (Å²) in [6.45, 7) is 6.75. The van der Waals surface area contributed by atoms with Gasteiger partial charge in [0.2, 0.25) is 5.88 Å². The van der Waals surface area contributed by atoms with Crippen LogP contribution >= 0.6 is 0 Å². The van der Waals surface area contributed by atoms with E-state index in [0.717, 1.165) is 35.0 Å². The molecule has 180 valence electrons. The van der Waals surface area contributed by atoms with Crippen LogP contribution in [0.4, 0.5) is 0 Å². The lowest BCUT2D eigenvalue weighted by Gasteiger charge is -2.45. The molecule has 2 aliphatic rings. The molecule has 0 amide bonds. The lowest BCUT2D eigenvalue weighted by Crippen LogP contribution is -2.37. The molecular weight excluding hydrogens is 422 g/mol. The summed E-state index contributed by atoms with van der Waals surface area (Å²) in [7, 11) is 3.98. The van der Waals surface area contributed by atoms with Gasteiger partial charge in [0.1, 0.15) is 17.5 Å². The summed E-state index contributed by atoms with van der Waals surface area (Å²) in [5.41, 5.74) is 9.96. The summed E-state index contributed by atoms with van der Waals surface area (Å²) >= 11 is 0. The molecule has 1 fully saturated rings. The van der Waals surface area contributed by atoms with Crippen molar-refractivity contribution in [2.75, 3.05) is 14.1 Å². The predicted octanol–water partition coefficient (Wildman–Crippen LogP) is 5.62. The van der Waals surface area contributed by atoms with Gasteiger partial charge in [-0.25, -0.2) is 4.98 Å². The normalized spacial score (nSPS) is 19.7. The topological polar surface area (TPSA) is 80.1 Å². The third-order valence-corrected chi connectivity index (χ3v) is 7.66. The first-order chi connectivity index (χ1) is 16.3. The molecule has 1 saturated carbocycles. The number of rotatable bonds is 6. The van der Waals surface area contributed by atoms with Crippen LogP contribution in [0.25, 0.3) is 5.69 Å². The minimum Gasteiger partial charge on any atom is -0.424 e. The van der Waals surface area contributed by atoms with E-state index in [-0.39, 0.29) is 17.2 Å². The van der Waals surface area contributed by atoms with E-state index in [9.17, 15) is 5.26 Å². The highest BCUT2D eigenvalue weighted by molar-refractivity contribution is 5.52. The number of allylic oxidation sites excluding steroid dienone is 2. The minimum absolute atomic E-state index is 0.147. The van der Waals surface area contributed by atoms with E-state index in [1.165, 1.54) is 32.1 Å². The van der Waals surface area contributed by atoms with E-state index in [0.29, 0.717) is 11.5 Å². The van der Waals surface area contributed by atoms with Gasteiger partial charge in [0.25, 0.3) is 0 Å². The second-order valence-electron chi connectivity index (χ2n) is 10.3. The van der Waals surface area contributed by atoms with Crippen molar-refractivity contribution in [2.45, 2.75) is 65.2 Å². The van der Waals surface area contributed by atoms with Crippen molar-refractivity contribution in [3.8, 4) is 11.8 Å². The third kappa shape index (κ3) is 4.20. The fourth-order valence-electron chi connectivity index (χ4n) is 5.76. The van der Waals surface area contributed by atoms with Crippen molar-refractivity contribution < 1.29 is 4.74 Å². The lowest BCUT2D eigenvalue weighted by atomic mass is 9.62. The molecular formula is C28H37N5O. The number of aryl methyl sites for hydroxylation is 1. The number of nitrogens with two attached hydrogens (primary N) is 1. The maximum Gasteiger partial charge on any atom is 0.207 e. The highest BCUT2D eigenvalue weighted by atomic mass is 16.5. The molecule has 2 heterocycles. The maximum absolute atomic E-state index is 10.2. The average molecular weight is 460 g/mol. The smallest absolute Gasteiger partial charge is 0.207 e. The number of aromatic nitrogens is 2. The fraction of sp³-hybridized carbons (Fsp3) is 0.500. The zero-order chi connectivity index (χ0) is 24.5. The Hall–Kier alpha value is -3.20. The molecule has 0 saturated heterocycles. The van der Waals surface area contributed by atoms with E-state index >= 15 is 0 Å². The van der Waals surface area contributed by atoms with Crippen molar-refractivity contribution >= 4 is 0 Å². The second kappa shape index (κ2) is 9.58. The Bertz CT molecular complexity index is 1120. The molecule has 0 spiro atoms. The highest BCUT2D eigenvalue weighted by Gasteiger charge is 2.45. The Balaban J connectivity index is 1.84. The zero-order valence-corrected chi connectivity index (χ0v) is 21.1. The first kappa shape index (κ1) is 23.9. The summed E-state index contributed by atoms with van der Waals surface area (Å²) in [5.74, 6) is 2.29. The van der Waals surface area contributed by atoms with Gasteiger partial charge >= 0.3 is 0 Å². The summed E-state index contributed by atoms with van der Waals surface area (Å²) in [6, 6.07) is 10.9. The molecule has 2 N–H and O–H groups in total. The van der Waals surface area contributed by atoms with Crippen LogP contribution in [0.5, 0.6) is 0 Å². The molecule has 1 aromatic heterocycles. The number of ether oxygens (including phenoxy) is 1. The van der Waals surface area contributed by atoms with Crippen molar-refractivity contribution in [3.05, 3.63) is 71.0 Å². The van der Waals surface area contributed by atoms with E-state index in [4.69, 9.17) is 10.5 Å². The number of hydrogen-bond donors (Lipinski definition) is 1. The molecule has 0 bridgehead atoms. The van der Waals surface area contributed by atoms with Crippen LogP contribution < -0.4 is 5.73 Å². The van der Waals surface area contributed by atoms with Crippen LogP contribution in [0, 0.1) is 22.7 Å². The Morgan fingerprint density at radius 1 is 1.18 bits per heavy atom. The summed E-state index contributed by atoms with van der Waals surface area (Å²) in [6.07, 6.45) is 10.9. The van der Waals surface area contributed by atoms with Crippen LogP contribution in [-0.2, 0) is 11.2 Å². The Morgan fingerprint density at radius 2 is 1.85 bits per heavy atom. The number of hydrogen-bond acceptors (Lipinski definition) is 5. The third-order valence-electron chi connectivity index (χ3n) is 7.66. The predicted molar refractivity (Wildman–Crippen MR) is 135 cm³/mol. The average Bonchev–Trinajstić information content (AvgIpc) is 3.32. The van der Waals surface area contributed by atoms with E-state index < -0.39 is 0 Å². The summed E-state index contributed by atoms with van der Waals surface area (Å²) in [4.78, 5) is 6.45. The quantitative estimate of drug-likeness (QED) is 0.606. The van der Waals surface area contributed by atoms with Gasteiger partial charge < -0.3 is 19.9 Å². The molecule has 4 rings (SSSR count). The number of benzene rings is 1. The first-order valence-electron chi connectivity index (χ1n) is 12.4. The molecule has 2 aromatic rings. The monoisotopic (exact) mass is 459 g/mol. The largest absolute Gasteiger partial charge is 0.424 e. The Morgan fingerprint density at radius 3 is 2.44 bits per heavy atom. The van der Waals surface area contributed by atoms with E-state index in [1.807, 2.05) is 31.4 Å². The van der Waals surface area contributed by atoms with Crippen LogP contribution in [0.1, 0.15) is 70.2 Å². The Kier molecular flexibility index (Phi) is 6.74. The van der Waals surface area contributed by atoms with Crippen LogP contribution in [0.15, 0.2) is 59.6 Å². The summed E-state index contributed by atoms with van der Waals surface area (Å²) in [5, 5.41) is 10.2. The SMILES string of the molecule is CCc1nccn1-c1ccc(C2C(C#N)=C(N)OC(N(C)C)=C2C(C)(C)C2CCCCC2)cc1. The van der Waals surface area contributed by atoms with Crippen LogP contribution in [-0.4, -0.2) is 28.5 Å². The van der Waals surface area contributed by atoms with Gasteiger partial charge in [-0.05, 0) is 41.9 Å². The van der Waals surface area contributed by atoms with Gasteiger partial charge in [-0.15, -0.1) is 0 Å². The van der Waals surface area contributed by atoms with Gasteiger partial charge in [0.05, 0.1) is 5.92 Å². The standard InChI is InChI=1S/C28H37N5O/c1-6-23-31-16-17-33(23)21-14-12-19(13-15-21)24-22(18-29)26(30)34-27(32(4)5)25(24)28(2,3)20-10-8-7-9-11-20/h12-17,20,24H,6-11,30H2,1-5H3. The molecule has 1 atom stereocenters. The molecule has 0 radical (unpaired) electrons. The molecule has 1 unspecified atom stereocenters. The van der Waals surface area contributed by atoms with Crippen molar-refractivity contribution in [2.24, 2.45) is 17.1 Å². The zero-order valence-electron chi connectivity index (χ0n) is 21.1. The summed E-state index contributed by atoms with van der Waals surface area (Å²) < 4.78 is 8.24. The van der Waals surface area contributed by atoms with Gasteiger partial charge in [-0.2, -0.15) is 5.26 Å². The van der Waals surface area contributed by atoms with E-state index in [1.54, 1.807) is 0 Å². The lowest BCUT2D eigenvalue weighted by molar-refractivity contribution is 0.137. The second-order valence-corrected chi connectivity index (χ2v) is 10.3. The molecule has 6 heteroatoms.